The number of aromatic nitrogens is 2. The second-order valence-corrected chi connectivity index (χ2v) is 6.54. The topological polar surface area (TPSA) is 148 Å². The first kappa shape index (κ1) is 17.4. The number of nitro groups is 2. The molecule has 3 heterocycles. The third-order valence-corrected chi connectivity index (χ3v) is 4.92. The van der Waals surface area contributed by atoms with Crippen LogP contribution in [0, 0.1) is 20.2 Å². The summed E-state index contributed by atoms with van der Waals surface area (Å²) in [5, 5.41) is 28.5. The highest BCUT2D eigenvalue weighted by molar-refractivity contribution is 7.16. The summed E-state index contributed by atoms with van der Waals surface area (Å²) in [4.78, 5) is 36.6. The molecule has 0 saturated carbocycles. The number of nitro benzene ring substituents is 2. The molecule has 12 heteroatoms. The molecule has 0 aliphatic heterocycles. The molecule has 0 aliphatic carbocycles. The van der Waals surface area contributed by atoms with E-state index in [0.29, 0.717) is 15.7 Å². The van der Waals surface area contributed by atoms with Crippen LogP contribution in [0.2, 0.25) is 0 Å². The lowest BCUT2D eigenvalue weighted by atomic mass is 10.2. The lowest BCUT2D eigenvalue weighted by Gasteiger charge is -2.01. The van der Waals surface area contributed by atoms with E-state index in [4.69, 9.17) is 0 Å². The van der Waals surface area contributed by atoms with Gasteiger partial charge in [0.15, 0.2) is 5.49 Å². The van der Waals surface area contributed by atoms with Crippen LogP contribution in [-0.4, -0.2) is 19.2 Å². The Kier molecular flexibility index (Phi) is 4.08. The van der Waals surface area contributed by atoms with Crippen molar-refractivity contribution in [2.75, 3.05) is 5.43 Å². The number of anilines is 1. The fraction of sp³-hybridized carbons (Fsp3) is 0. The lowest BCUT2D eigenvalue weighted by Crippen LogP contribution is -2.18. The van der Waals surface area contributed by atoms with Crippen LogP contribution in [-0.2, 0) is 0 Å². The van der Waals surface area contributed by atoms with E-state index in [2.05, 4.69) is 15.5 Å². The first-order valence-corrected chi connectivity index (χ1v) is 8.67. The van der Waals surface area contributed by atoms with Crippen LogP contribution in [0.3, 0.4) is 0 Å². The van der Waals surface area contributed by atoms with Crippen molar-refractivity contribution in [1.29, 1.82) is 0 Å². The van der Waals surface area contributed by atoms with E-state index in [0.717, 1.165) is 18.2 Å². The van der Waals surface area contributed by atoms with Gasteiger partial charge in [0.1, 0.15) is 10.5 Å². The number of thiophene rings is 1. The molecule has 0 saturated heterocycles. The van der Waals surface area contributed by atoms with Gasteiger partial charge in [-0.15, -0.1) is 11.3 Å². The smallest absolute Gasteiger partial charge is 0.294 e. The average Bonchev–Trinajstić information content (AvgIpc) is 3.31. The Balaban J connectivity index is 1.93. The van der Waals surface area contributed by atoms with Gasteiger partial charge in [-0.3, -0.25) is 30.4 Å². The molecule has 0 spiro atoms. The normalized spacial score (nSPS) is 11.8. The summed E-state index contributed by atoms with van der Waals surface area (Å²) in [7, 11) is 0. The fourth-order valence-corrected chi connectivity index (χ4v) is 3.63. The second kappa shape index (κ2) is 6.59. The maximum absolute atomic E-state index is 12.4. The molecule has 0 amide bonds. The summed E-state index contributed by atoms with van der Waals surface area (Å²) in [6, 6.07) is 8.23. The van der Waals surface area contributed by atoms with Crippen LogP contribution in [0.4, 0.5) is 17.1 Å². The quantitative estimate of drug-likeness (QED) is 0.399. The molecule has 0 aliphatic rings. The zero-order valence-corrected chi connectivity index (χ0v) is 14.7. The van der Waals surface area contributed by atoms with Crippen LogP contribution in [0.15, 0.2) is 57.9 Å². The number of nitrogens with one attached hydrogen (secondary N) is 2. The summed E-state index contributed by atoms with van der Waals surface area (Å²) in [6.45, 7) is 0. The molecule has 4 aromatic rings. The summed E-state index contributed by atoms with van der Waals surface area (Å²) in [6.07, 6.45) is 1.76. The van der Waals surface area contributed by atoms with Gasteiger partial charge < -0.3 is 9.38 Å². The van der Waals surface area contributed by atoms with Gasteiger partial charge in [-0.25, -0.2) is 0 Å². The molecular formula is C16H10N6O5S. The summed E-state index contributed by atoms with van der Waals surface area (Å²) < 4.78 is 1.76. The molecule has 11 nitrogen and oxygen atoms in total. The number of rotatable bonds is 4. The lowest BCUT2D eigenvalue weighted by molar-refractivity contribution is -0.388. The highest BCUT2D eigenvalue weighted by Crippen LogP contribution is 2.28. The van der Waals surface area contributed by atoms with E-state index in [9.17, 15) is 25.0 Å². The molecular weight excluding hydrogens is 388 g/mol. The van der Waals surface area contributed by atoms with Crippen LogP contribution in [0.1, 0.15) is 0 Å². The second-order valence-electron chi connectivity index (χ2n) is 5.64. The predicted molar refractivity (Wildman–Crippen MR) is 102 cm³/mol. The fourth-order valence-electron chi connectivity index (χ4n) is 2.74. The van der Waals surface area contributed by atoms with Crippen molar-refractivity contribution in [3.05, 3.63) is 84.0 Å². The summed E-state index contributed by atoms with van der Waals surface area (Å²) >= 11 is 1.38. The number of hydrogen-bond donors (Lipinski definition) is 2. The minimum absolute atomic E-state index is 0.124. The van der Waals surface area contributed by atoms with Gasteiger partial charge >= 0.3 is 0 Å². The standard InChI is InChI=1S/C16H10N6O5S/c23-15-10-5-7-28-16(10)20-6-1-2-13(20)14(17-15)19-18-11-8-9(21(24)25)3-4-12(11)22(26)27/h1-8,18H,(H,17,19,23). The van der Waals surface area contributed by atoms with Gasteiger partial charge in [-0.1, -0.05) is 0 Å². The monoisotopic (exact) mass is 398 g/mol. The van der Waals surface area contributed by atoms with Crippen molar-refractivity contribution in [2.45, 2.75) is 0 Å². The van der Waals surface area contributed by atoms with E-state index < -0.39 is 9.85 Å². The van der Waals surface area contributed by atoms with Crippen LogP contribution in [0.25, 0.3) is 15.7 Å². The molecule has 4 rings (SSSR count). The van der Waals surface area contributed by atoms with Crippen LogP contribution in [0.5, 0.6) is 0 Å². The Hall–Kier alpha value is -4.06. The number of nitrogens with zero attached hydrogens (tertiary/aromatic N) is 4. The maximum atomic E-state index is 12.4. The Morgan fingerprint density at radius 3 is 2.71 bits per heavy atom. The van der Waals surface area contributed by atoms with Crippen molar-refractivity contribution < 1.29 is 9.85 Å². The first-order valence-electron chi connectivity index (χ1n) is 7.79. The highest BCUT2D eigenvalue weighted by Gasteiger charge is 2.18. The van der Waals surface area contributed by atoms with E-state index in [1.165, 1.54) is 11.3 Å². The number of H-pyrrole nitrogens is 1. The Labute approximate surface area is 158 Å². The number of non-ortho nitro benzene ring substituents is 1. The van der Waals surface area contributed by atoms with E-state index >= 15 is 0 Å². The number of aromatic amines is 1. The Morgan fingerprint density at radius 2 is 1.96 bits per heavy atom. The number of hydrogen-bond acceptors (Lipinski definition) is 8. The van der Waals surface area contributed by atoms with E-state index in [1.54, 1.807) is 34.2 Å². The highest BCUT2D eigenvalue weighted by atomic mass is 32.1. The zero-order valence-electron chi connectivity index (χ0n) is 13.9. The van der Waals surface area contributed by atoms with Crippen molar-refractivity contribution in [2.24, 2.45) is 5.10 Å². The van der Waals surface area contributed by atoms with E-state index in [1.807, 2.05) is 0 Å². The van der Waals surface area contributed by atoms with Crippen molar-refractivity contribution in [1.82, 2.24) is 9.38 Å². The average molecular weight is 398 g/mol. The molecule has 0 fully saturated rings. The van der Waals surface area contributed by atoms with Gasteiger partial charge in [-0.05, 0) is 23.6 Å². The van der Waals surface area contributed by atoms with Gasteiger partial charge in [0, 0.05) is 24.4 Å². The van der Waals surface area contributed by atoms with Gasteiger partial charge in [0.25, 0.3) is 16.9 Å². The van der Waals surface area contributed by atoms with Crippen molar-refractivity contribution in [3.8, 4) is 0 Å². The summed E-state index contributed by atoms with van der Waals surface area (Å²) in [5.41, 5.74) is 1.89. The molecule has 3 aromatic heterocycles. The van der Waals surface area contributed by atoms with Crippen molar-refractivity contribution >= 4 is 44.1 Å². The van der Waals surface area contributed by atoms with E-state index in [-0.39, 0.29) is 28.1 Å². The molecule has 140 valence electrons. The number of fused-ring (bicyclic) bond motifs is 3. The van der Waals surface area contributed by atoms with Gasteiger partial charge in [0.05, 0.1) is 20.7 Å². The predicted octanol–water partition coefficient (Wildman–Crippen LogP) is 2.59. The first-order chi connectivity index (χ1) is 13.5. The van der Waals surface area contributed by atoms with Gasteiger partial charge in [0.2, 0.25) is 0 Å². The largest absolute Gasteiger partial charge is 0.304 e. The maximum Gasteiger partial charge on any atom is 0.294 e. The molecule has 0 atom stereocenters. The molecule has 2 N–H and O–H groups in total. The van der Waals surface area contributed by atoms with Crippen LogP contribution < -0.4 is 16.5 Å². The molecule has 1 aromatic carbocycles. The summed E-state index contributed by atoms with van der Waals surface area (Å²) in [5.74, 6) is 0. The molecule has 0 radical (unpaired) electrons. The minimum atomic E-state index is -0.682. The Bertz CT molecular complexity index is 1390. The molecule has 0 unspecified atom stereocenters. The van der Waals surface area contributed by atoms with Crippen molar-refractivity contribution in [3.63, 3.8) is 0 Å². The third-order valence-electron chi connectivity index (χ3n) is 4.01. The Morgan fingerprint density at radius 1 is 1.14 bits per heavy atom. The molecule has 28 heavy (non-hydrogen) atoms. The minimum Gasteiger partial charge on any atom is -0.304 e. The van der Waals surface area contributed by atoms with Gasteiger partial charge in [-0.2, -0.15) is 5.10 Å². The molecule has 0 bridgehead atoms. The van der Waals surface area contributed by atoms with Crippen LogP contribution >= 0.6 is 11.3 Å². The third kappa shape index (κ3) is 2.87. The number of benzene rings is 1. The SMILES string of the molecule is O=c1[nH]c(=NNc2cc([N+](=O)[O-])ccc2[N+](=O)[O-])c2cccn2c2sccc12. The zero-order chi connectivity index (χ0) is 19.8.